The third kappa shape index (κ3) is 3.18. The van der Waals surface area contributed by atoms with Crippen molar-refractivity contribution in [3.8, 4) is 0 Å². The molecule has 80 valence electrons. The Kier molecular flexibility index (Phi) is 3.57. The molecule has 0 aliphatic carbocycles. The van der Waals surface area contributed by atoms with Crippen LogP contribution in [0, 0.1) is 0 Å². The predicted octanol–water partition coefficient (Wildman–Crippen LogP) is 1.33. The Balaban J connectivity index is 2.78. The van der Waals surface area contributed by atoms with Crippen LogP contribution in [0.5, 0.6) is 0 Å². The molecule has 1 rings (SSSR count). The first-order valence-electron chi connectivity index (χ1n) is 4.27. The number of benzene rings is 1. The fourth-order valence-electron chi connectivity index (χ4n) is 1.06. The zero-order chi connectivity index (χ0) is 11.4. The number of hydrogen-bond acceptors (Lipinski definition) is 3. The molecule has 1 amide bonds. The highest BCUT2D eigenvalue weighted by molar-refractivity contribution is 6.29. The number of amides is 1. The quantitative estimate of drug-likeness (QED) is 0.679. The Bertz CT molecular complexity index is 404. The summed E-state index contributed by atoms with van der Waals surface area (Å²) in [6.07, 6.45) is 0. The maximum Gasteiger partial charge on any atom is 0.253 e. The van der Waals surface area contributed by atoms with Crippen molar-refractivity contribution in [1.82, 2.24) is 5.32 Å². The largest absolute Gasteiger partial charge is 0.399 e. The molecule has 0 radical (unpaired) electrons. The molecule has 5 N–H and O–H groups in total. The summed E-state index contributed by atoms with van der Waals surface area (Å²) in [5, 5.41) is 2.93. The zero-order valence-electron chi connectivity index (χ0n) is 8.09. The minimum atomic E-state index is -0.297. The van der Waals surface area contributed by atoms with E-state index in [1.54, 1.807) is 12.1 Å². The van der Waals surface area contributed by atoms with E-state index in [0.29, 0.717) is 22.0 Å². The number of carbonyl (C=O) groups excluding carboxylic acids is 1. The average Bonchev–Trinajstić information content (AvgIpc) is 2.14. The fourth-order valence-corrected chi connectivity index (χ4v) is 1.13. The second kappa shape index (κ2) is 4.70. The molecule has 15 heavy (non-hydrogen) atoms. The van der Waals surface area contributed by atoms with Crippen molar-refractivity contribution in [1.29, 1.82) is 0 Å². The van der Waals surface area contributed by atoms with Gasteiger partial charge in [0.2, 0.25) is 0 Å². The smallest absolute Gasteiger partial charge is 0.253 e. The van der Waals surface area contributed by atoms with E-state index in [-0.39, 0.29) is 12.5 Å². The molecule has 0 spiro atoms. The van der Waals surface area contributed by atoms with Gasteiger partial charge in [0.15, 0.2) is 0 Å². The van der Waals surface area contributed by atoms with E-state index in [9.17, 15) is 4.79 Å². The third-order valence-corrected chi connectivity index (χ3v) is 1.89. The van der Waals surface area contributed by atoms with Crippen LogP contribution in [0.3, 0.4) is 0 Å². The van der Waals surface area contributed by atoms with Gasteiger partial charge >= 0.3 is 0 Å². The number of anilines is 2. The minimum absolute atomic E-state index is 0.213. The van der Waals surface area contributed by atoms with Gasteiger partial charge in [-0.25, -0.2) is 0 Å². The average molecular weight is 226 g/mol. The lowest BCUT2D eigenvalue weighted by Crippen LogP contribution is -2.25. The van der Waals surface area contributed by atoms with Gasteiger partial charge in [-0.05, 0) is 18.2 Å². The van der Waals surface area contributed by atoms with Crippen molar-refractivity contribution in [2.45, 2.75) is 0 Å². The molecule has 0 saturated heterocycles. The molecule has 4 nitrogen and oxygen atoms in total. The summed E-state index contributed by atoms with van der Waals surface area (Å²) >= 11 is 5.51. The van der Waals surface area contributed by atoms with Crippen LogP contribution in [-0.4, -0.2) is 12.5 Å². The van der Waals surface area contributed by atoms with Crippen LogP contribution in [0.2, 0.25) is 0 Å². The third-order valence-electron chi connectivity index (χ3n) is 1.76. The molecular formula is C10H12ClN3O. The lowest BCUT2D eigenvalue weighted by molar-refractivity contribution is 0.0958. The molecule has 1 aromatic rings. The van der Waals surface area contributed by atoms with Gasteiger partial charge in [-0.1, -0.05) is 18.2 Å². The van der Waals surface area contributed by atoms with Crippen LogP contribution in [0.15, 0.2) is 29.8 Å². The molecule has 0 aliphatic rings. The van der Waals surface area contributed by atoms with E-state index in [1.807, 2.05) is 0 Å². The van der Waals surface area contributed by atoms with Crippen LogP contribution in [-0.2, 0) is 0 Å². The summed E-state index contributed by atoms with van der Waals surface area (Å²) in [6.45, 7) is 3.67. The van der Waals surface area contributed by atoms with Crippen molar-refractivity contribution >= 4 is 28.9 Å². The van der Waals surface area contributed by atoms with Crippen LogP contribution in [0.4, 0.5) is 11.4 Å². The predicted molar refractivity (Wildman–Crippen MR) is 62.6 cm³/mol. The van der Waals surface area contributed by atoms with E-state index in [0.717, 1.165) is 0 Å². The van der Waals surface area contributed by atoms with E-state index in [1.165, 1.54) is 6.07 Å². The molecule has 0 heterocycles. The van der Waals surface area contributed by atoms with Crippen molar-refractivity contribution in [3.05, 3.63) is 35.4 Å². The maximum absolute atomic E-state index is 11.5. The summed E-state index contributed by atoms with van der Waals surface area (Å²) in [6, 6.07) is 4.71. The Morgan fingerprint density at radius 3 is 2.67 bits per heavy atom. The number of nitrogens with one attached hydrogen (secondary N) is 1. The van der Waals surface area contributed by atoms with Gasteiger partial charge in [-0.15, -0.1) is 0 Å². The van der Waals surface area contributed by atoms with Crippen molar-refractivity contribution < 1.29 is 4.79 Å². The molecule has 1 aromatic carbocycles. The number of nitrogens with two attached hydrogens (primary N) is 2. The summed E-state index contributed by atoms with van der Waals surface area (Å²) in [7, 11) is 0. The van der Waals surface area contributed by atoms with Gasteiger partial charge < -0.3 is 16.8 Å². The molecule has 0 atom stereocenters. The summed E-state index contributed by atoms with van der Waals surface area (Å²) < 4.78 is 0. The fraction of sp³-hybridized carbons (Fsp3) is 0.100. The first-order chi connectivity index (χ1) is 7.00. The lowest BCUT2D eigenvalue weighted by Gasteiger charge is -2.07. The Hall–Kier alpha value is -1.68. The van der Waals surface area contributed by atoms with Gasteiger partial charge in [0, 0.05) is 16.4 Å². The Morgan fingerprint density at radius 1 is 1.47 bits per heavy atom. The monoisotopic (exact) mass is 225 g/mol. The summed E-state index contributed by atoms with van der Waals surface area (Å²) in [5.74, 6) is -0.297. The maximum atomic E-state index is 11.5. The molecule has 0 fully saturated rings. The number of nitrogen functional groups attached to an aromatic ring is 2. The highest BCUT2D eigenvalue weighted by atomic mass is 35.5. The Morgan fingerprint density at radius 2 is 2.13 bits per heavy atom. The Labute approximate surface area is 92.9 Å². The second-order valence-electron chi connectivity index (χ2n) is 3.05. The van der Waals surface area contributed by atoms with E-state index >= 15 is 0 Å². The zero-order valence-corrected chi connectivity index (χ0v) is 8.84. The molecule has 0 aliphatic heterocycles. The van der Waals surface area contributed by atoms with Crippen LogP contribution in [0.1, 0.15) is 10.4 Å². The topological polar surface area (TPSA) is 81.1 Å². The number of carbonyl (C=O) groups is 1. The first kappa shape index (κ1) is 11.4. The minimum Gasteiger partial charge on any atom is -0.399 e. The van der Waals surface area contributed by atoms with Crippen LogP contribution in [0.25, 0.3) is 0 Å². The van der Waals surface area contributed by atoms with E-state index in [4.69, 9.17) is 23.1 Å². The van der Waals surface area contributed by atoms with Crippen LogP contribution >= 0.6 is 11.6 Å². The molecule has 5 heteroatoms. The first-order valence-corrected chi connectivity index (χ1v) is 4.65. The number of rotatable bonds is 3. The van der Waals surface area contributed by atoms with Crippen LogP contribution < -0.4 is 16.8 Å². The lowest BCUT2D eigenvalue weighted by atomic mass is 10.1. The van der Waals surface area contributed by atoms with E-state index < -0.39 is 0 Å². The number of hydrogen-bond donors (Lipinski definition) is 3. The van der Waals surface area contributed by atoms with E-state index in [2.05, 4.69) is 11.9 Å². The van der Waals surface area contributed by atoms with Gasteiger partial charge in [-0.3, -0.25) is 4.79 Å². The van der Waals surface area contributed by atoms with Gasteiger partial charge in [0.1, 0.15) is 0 Å². The number of halogens is 1. The highest BCUT2D eigenvalue weighted by Crippen LogP contribution is 2.15. The molecule has 0 saturated carbocycles. The van der Waals surface area contributed by atoms with Crippen molar-refractivity contribution in [2.75, 3.05) is 18.0 Å². The molecule has 0 bridgehead atoms. The molecular weight excluding hydrogens is 214 g/mol. The standard InChI is InChI=1S/C10H12ClN3O/c1-6(11)5-14-10(15)8-3-2-7(12)4-9(8)13/h2-4H,1,5,12-13H2,(H,14,15). The normalized spacial score (nSPS) is 9.67. The van der Waals surface area contributed by atoms with Gasteiger partial charge in [0.25, 0.3) is 5.91 Å². The highest BCUT2D eigenvalue weighted by Gasteiger charge is 2.08. The van der Waals surface area contributed by atoms with Gasteiger partial charge in [0.05, 0.1) is 12.1 Å². The second-order valence-corrected chi connectivity index (χ2v) is 3.58. The SMILES string of the molecule is C=C(Cl)CNC(=O)c1ccc(N)cc1N. The summed E-state index contributed by atoms with van der Waals surface area (Å²) in [5.41, 5.74) is 12.4. The van der Waals surface area contributed by atoms with Crippen molar-refractivity contribution in [3.63, 3.8) is 0 Å². The van der Waals surface area contributed by atoms with Crippen molar-refractivity contribution in [2.24, 2.45) is 0 Å². The molecule has 0 unspecified atom stereocenters. The summed E-state index contributed by atoms with van der Waals surface area (Å²) in [4.78, 5) is 11.5. The van der Waals surface area contributed by atoms with Gasteiger partial charge in [-0.2, -0.15) is 0 Å². The molecule has 0 aromatic heterocycles.